The molecule has 2 N–H and O–H groups in total. The highest BCUT2D eigenvalue weighted by atomic mass is 16.5. The van der Waals surface area contributed by atoms with Gasteiger partial charge >= 0.3 is 0 Å². The zero-order valence-electron chi connectivity index (χ0n) is 6.65. The Kier molecular flexibility index (Phi) is 2.82. The molecule has 0 bridgehead atoms. The van der Waals surface area contributed by atoms with Gasteiger partial charge in [-0.15, -0.1) is 0 Å². The second-order valence-corrected chi connectivity index (χ2v) is 2.37. The third kappa shape index (κ3) is 2.35. The molecule has 1 atom stereocenters. The zero-order valence-corrected chi connectivity index (χ0v) is 6.65. The number of rotatable bonds is 3. The molecule has 0 radical (unpaired) electrons. The lowest BCUT2D eigenvalue weighted by Gasteiger charge is -2.03. The lowest BCUT2D eigenvalue weighted by Crippen LogP contribution is -2.31. The zero-order chi connectivity index (χ0) is 8.97. The summed E-state index contributed by atoms with van der Waals surface area (Å²) < 4.78 is 4.72. The summed E-state index contributed by atoms with van der Waals surface area (Å²) in [4.78, 5) is 10.8. The summed E-state index contributed by atoms with van der Waals surface area (Å²) in [5.41, 5.74) is 0. The molecule has 0 saturated carbocycles. The third-order valence-corrected chi connectivity index (χ3v) is 1.31. The van der Waals surface area contributed by atoms with Crippen LogP contribution in [0.5, 0.6) is 0 Å². The predicted molar refractivity (Wildman–Crippen MR) is 40.0 cm³/mol. The molecule has 0 aliphatic rings. The van der Waals surface area contributed by atoms with Crippen LogP contribution in [-0.4, -0.2) is 22.3 Å². The van der Waals surface area contributed by atoms with Crippen molar-refractivity contribution in [1.29, 1.82) is 0 Å². The highest BCUT2D eigenvalue weighted by molar-refractivity contribution is 5.79. The van der Waals surface area contributed by atoms with E-state index >= 15 is 0 Å². The van der Waals surface area contributed by atoms with Gasteiger partial charge in [0.2, 0.25) is 5.91 Å². The minimum atomic E-state index is -0.993. The second kappa shape index (κ2) is 3.87. The number of nitrogens with zero attached hydrogens (tertiary/aromatic N) is 1. The first-order valence-electron chi connectivity index (χ1n) is 3.55. The number of hydrogen-bond donors (Lipinski definition) is 2. The van der Waals surface area contributed by atoms with E-state index in [0.717, 1.165) is 0 Å². The molecule has 1 amide bonds. The van der Waals surface area contributed by atoms with Gasteiger partial charge in [-0.05, 0) is 6.92 Å². The van der Waals surface area contributed by atoms with Gasteiger partial charge in [-0.1, -0.05) is 5.16 Å². The van der Waals surface area contributed by atoms with E-state index in [1.54, 1.807) is 6.07 Å². The summed E-state index contributed by atoms with van der Waals surface area (Å²) in [6.07, 6.45) is 0.497. The molecule has 1 heterocycles. The Morgan fingerprint density at radius 2 is 2.67 bits per heavy atom. The van der Waals surface area contributed by atoms with Crippen LogP contribution in [0.15, 0.2) is 16.8 Å². The van der Waals surface area contributed by atoms with Gasteiger partial charge in [-0.2, -0.15) is 0 Å². The monoisotopic (exact) mass is 170 g/mol. The molecule has 0 aliphatic heterocycles. The van der Waals surface area contributed by atoms with Crippen molar-refractivity contribution in [1.82, 2.24) is 10.5 Å². The number of carbonyl (C=O) groups excluding carboxylic acids is 1. The van der Waals surface area contributed by atoms with Crippen molar-refractivity contribution in [2.75, 3.05) is 0 Å². The fraction of sp³-hybridized carbons (Fsp3) is 0.429. The maximum atomic E-state index is 10.8. The summed E-state index contributed by atoms with van der Waals surface area (Å²) in [6, 6.07) is 1.64. The van der Waals surface area contributed by atoms with Gasteiger partial charge in [0.15, 0.2) is 5.76 Å². The van der Waals surface area contributed by atoms with Gasteiger partial charge in [-0.3, -0.25) is 4.79 Å². The van der Waals surface area contributed by atoms with Gasteiger partial charge in [-0.25, -0.2) is 0 Å². The topological polar surface area (TPSA) is 75.4 Å². The quantitative estimate of drug-likeness (QED) is 0.651. The SMILES string of the molecule is C[C@@H](O)C(=O)NCc1ccno1. The molecule has 0 spiro atoms. The highest BCUT2D eigenvalue weighted by Gasteiger charge is 2.08. The average Bonchev–Trinajstić information content (AvgIpc) is 2.51. The Morgan fingerprint density at radius 1 is 1.92 bits per heavy atom. The smallest absolute Gasteiger partial charge is 0.248 e. The molecular weight excluding hydrogens is 160 g/mol. The Bertz CT molecular complexity index is 243. The lowest BCUT2D eigenvalue weighted by atomic mass is 10.3. The van der Waals surface area contributed by atoms with Crippen LogP contribution in [0.1, 0.15) is 12.7 Å². The molecule has 0 aliphatic carbocycles. The number of nitrogens with one attached hydrogen (secondary N) is 1. The van der Waals surface area contributed by atoms with Crippen LogP contribution in [0.4, 0.5) is 0 Å². The largest absolute Gasteiger partial charge is 0.384 e. The van der Waals surface area contributed by atoms with E-state index in [2.05, 4.69) is 10.5 Å². The van der Waals surface area contributed by atoms with E-state index in [0.29, 0.717) is 5.76 Å². The van der Waals surface area contributed by atoms with Crippen molar-refractivity contribution >= 4 is 5.91 Å². The van der Waals surface area contributed by atoms with Crippen LogP contribution < -0.4 is 5.32 Å². The van der Waals surface area contributed by atoms with Crippen LogP contribution in [0.3, 0.4) is 0 Å². The molecule has 0 aromatic carbocycles. The molecular formula is C7H10N2O3. The fourth-order valence-corrected chi connectivity index (χ4v) is 0.655. The van der Waals surface area contributed by atoms with Gasteiger partial charge in [0.1, 0.15) is 6.10 Å². The molecule has 1 aromatic rings. The molecule has 12 heavy (non-hydrogen) atoms. The average molecular weight is 170 g/mol. The van der Waals surface area contributed by atoms with Crippen LogP contribution in [-0.2, 0) is 11.3 Å². The Labute approximate surface area is 69.4 Å². The Morgan fingerprint density at radius 3 is 3.17 bits per heavy atom. The number of carbonyl (C=O) groups is 1. The standard InChI is InChI=1S/C7H10N2O3/c1-5(10)7(11)8-4-6-2-3-9-12-6/h2-3,5,10H,4H2,1H3,(H,8,11)/t5-/m1/s1. The minimum absolute atomic E-state index is 0.254. The van der Waals surface area contributed by atoms with Crippen molar-refractivity contribution in [2.24, 2.45) is 0 Å². The van der Waals surface area contributed by atoms with Crippen LogP contribution in [0.25, 0.3) is 0 Å². The highest BCUT2D eigenvalue weighted by Crippen LogP contribution is 1.94. The third-order valence-electron chi connectivity index (χ3n) is 1.31. The van der Waals surface area contributed by atoms with Crippen molar-refractivity contribution in [2.45, 2.75) is 19.6 Å². The summed E-state index contributed by atoms with van der Waals surface area (Å²) in [5.74, 6) is 0.135. The molecule has 0 fully saturated rings. The molecule has 1 aromatic heterocycles. The first-order chi connectivity index (χ1) is 5.70. The molecule has 5 heteroatoms. The Balaban J connectivity index is 2.32. The predicted octanol–water partition coefficient (Wildman–Crippen LogP) is -0.328. The van der Waals surface area contributed by atoms with E-state index < -0.39 is 12.0 Å². The van der Waals surface area contributed by atoms with E-state index in [9.17, 15) is 4.79 Å². The number of aliphatic hydroxyl groups excluding tert-OH is 1. The van der Waals surface area contributed by atoms with E-state index in [1.165, 1.54) is 13.1 Å². The molecule has 1 rings (SSSR count). The minimum Gasteiger partial charge on any atom is -0.384 e. The summed E-state index contributed by atoms with van der Waals surface area (Å²) in [7, 11) is 0. The number of aromatic nitrogens is 1. The first-order valence-corrected chi connectivity index (χ1v) is 3.55. The van der Waals surface area contributed by atoms with Gasteiger partial charge < -0.3 is 14.9 Å². The van der Waals surface area contributed by atoms with Crippen molar-refractivity contribution in [3.63, 3.8) is 0 Å². The summed E-state index contributed by atoms with van der Waals surface area (Å²) in [6.45, 7) is 1.65. The van der Waals surface area contributed by atoms with Crippen molar-refractivity contribution in [3.8, 4) is 0 Å². The van der Waals surface area contributed by atoms with Gasteiger partial charge in [0.05, 0.1) is 12.7 Å². The molecule has 5 nitrogen and oxygen atoms in total. The first kappa shape index (κ1) is 8.73. The number of aliphatic hydroxyl groups is 1. The molecule has 0 unspecified atom stereocenters. The fourth-order valence-electron chi connectivity index (χ4n) is 0.655. The maximum absolute atomic E-state index is 10.8. The van der Waals surface area contributed by atoms with E-state index in [-0.39, 0.29) is 6.54 Å². The molecule has 66 valence electrons. The van der Waals surface area contributed by atoms with Gasteiger partial charge in [0.25, 0.3) is 0 Å². The number of amides is 1. The second-order valence-electron chi connectivity index (χ2n) is 2.37. The molecule has 0 saturated heterocycles. The Hall–Kier alpha value is -1.36. The van der Waals surface area contributed by atoms with Crippen LogP contribution in [0.2, 0.25) is 0 Å². The van der Waals surface area contributed by atoms with Crippen LogP contribution >= 0.6 is 0 Å². The lowest BCUT2D eigenvalue weighted by molar-refractivity contribution is -0.128. The number of hydrogen-bond acceptors (Lipinski definition) is 4. The summed E-state index contributed by atoms with van der Waals surface area (Å²) >= 11 is 0. The van der Waals surface area contributed by atoms with E-state index in [1.807, 2.05) is 0 Å². The van der Waals surface area contributed by atoms with Crippen LogP contribution in [0, 0.1) is 0 Å². The summed E-state index contributed by atoms with van der Waals surface area (Å²) in [5, 5.41) is 14.7. The van der Waals surface area contributed by atoms with E-state index in [4.69, 9.17) is 9.63 Å². The van der Waals surface area contributed by atoms with Gasteiger partial charge in [0, 0.05) is 6.07 Å². The van der Waals surface area contributed by atoms with Crippen molar-refractivity contribution in [3.05, 3.63) is 18.0 Å². The normalized spacial score (nSPS) is 12.5. The van der Waals surface area contributed by atoms with Crippen molar-refractivity contribution < 1.29 is 14.4 Å². The maximum Gasteiger partial charge on any atom is 0.248 e.